The molecule has 2 heterocycles. The Morgan fingerprint density at radius 2 is 1.32 bits per heavy atom. The Morgan fingerprint density at radius 3 is 1.85 bits per heavy atom. The van der Waals surface area contributed by atoms with E-state index in [4.69, 9.17) is 32.0 Å². The van der Waals surface area contributed by atoms with E-state index in [1.54, 1.807) is 0 Å². The second-order valence-electron chi connectivity index (χ2n) is 8.81. The lowest BCUT2D eigenvalue weighted by atomic mass is 9.96. The number of aliphatic carboxylic acids is 4. The van der Waals surface area contributed by atoms with E-state index in [9.17, 15) is 19.2 Å². The molecule has 1 unspecified atom stereocenters. The molecule has 0 aliphatic carbocycles. The van der Waals surface area contributed by atoms with Gasteiger partial charge in [0.2, 0.25) is 0 Å². The number of benzene rings is 2. The zero-order chi connectivity index (χ0) is 29.7. The molecule has 10 nitrogen and oxygen atoms in total. The zero-order valence-electron chi connectivity index (χ0n) is 21.8. The molecule has 214 valence electrons. The molecule has 0 saturated carbocycles. The van der Waals surface area contributed by atoms with Gasteiger partial charge < -0.3 is 25.3 Å². The van der Waals surface area contributed by atoms with Gasteiger partial charge in [-0.2, -0.15) is 0 Å². The summed E-state index contributed by atoms with van der Waals surface area (Å²) in [5.41, 5.74) is 2.88. The van der Waals surface area contributed by atoms with Crippen molar-refractivity contribution in [3.63, 3.8) is 0 Å². The molecule has 12 heteroatoms. The number of piperazine rings is 1. The summed E-state index contributed by atoms with van der Waals surface area (Å²) >= 11 is 8.26. The minimum absolute atomic E-state index is 0.466. The number of hydrogen-bond acceptors (Lipinski definition) is 7. The summed E-state index contributed by atoms with van der Waals surface area (Å²) in [5, 5.41) is 32.1. The average Bonchev–Trinajstić information content (AvgIpc) is 2.89. The van der Waals surface area contributed by atoms with Gasteiger partial charge in [-0.25, -0.2) is 19.2 Å². The lowest BCUT2D eigenvalue weighted by Crippen LogP contribution is -2.46. The molecule has 2 aliphatic heterocycles. The van der Waals surface area contributed by atoms with Crippen molar-refractivity contribution in [3.05, 3.63) is 82.9 Å². The molecule has 0 aromatic heterocycles. The predicted molar refractivity (Wildman–Crippen MR) is 151 cm³/mol. The van der Waals surface area contributed by atoms with Crippen LogP contribution in [-0.2, 0) is 25.6 Å². The molecule has 0 spiro atoms. The predicted octanol–water partition coefficient (Wildman–Crippen LogP) is 4.15. The van der Waals surface area contributed by atoms with Gasteiger partial charge in [0.15, 0.2) is 0 Å². The summed E-state index contributed by atoms with van der Waals surface area (Å²) in [6, 6.07) is 15.7. The molecule has 2 aromatic carbocycles. The molecule has 0 radical (unpaired) electrons. The third-order valence-corrected chi connectivity index (χ3v) is 7.37. The molecule has 0 bridgehead atoms. The van der Waals surface area contributed by atoms with Crippen LogP contribution in [0.5, 0.6) is 0 Å². The van der Waals surface area contributed by atoms with E-state index in [1.165, 1.54) is 20.9 Å². The normalized spacial score (nSPS) is 17.2. The molecule has 4 N–H and O–H groups in total. The van der Waals surface area contributed by atoms with Crippen LogP contribution < -0.4 is 0 Å². The van der Waals surface area contributed by atoms with Crippen LogP contribution in [0.3, 0.4) is 0 Å². The first-order valence-electron chi connectivity index (χ1n) is 12.2. The topological polar surface area (TPSA) is 156 Å². The number of carboxylic acids is 4. The van der Waals surface area contributed by atoms with Gasteiger partial charge >= 0.3 is 23.9 Å². The Bertz CT molecular complexity index is 1190. The number of hydrogen-bond donors (Lipinski definition) is 4. The van der Waals surface area contributed by atoms with Crippen molar-refractivity contribution >= 4 is 47.2 Å². The van der Waals surface area contributed by atoms with E-state index in [-0.39, 0.29) is 0 Å². The van der Waals surface area contributed by atoms with Gasteiger partial charge in [0.1, 0.15) is 0 Å². The molecular weight excluding hydrogens is 560 g/mol. The minimum atomic E-state index is -1.26. The smallest absolute Gasteiger partial charge is 0.328 e. The summed E-state index contributed by atoms with van der Waals surface area (Å²) in [7, 11) is 2.21. The van der Waals surface area contributed by atoms with Gasteiger partial charge in [-0.3, -0.25) is 4.90 Å². The highest BCUT2D eigenvalue weighted by Crippen LogP contribution is 2.42. The van der Waals surface area contributed by atoms with E-state index in [2.05, 4.69) is 53.2 Å². The number of aryl methyl sites for hydroxylation is 1. The van der Waals surface area contributed by atoms with Gasteiger partial charge in [0, 0.05) is 71.3 Å². The van der Waals surface area contributed by atoms with Crippen LogP contribution in [-0.4, -0.2) is 87.3 Å². The van der Waals surface area contributed by atoms with Crippen molar-refractivity contribution < 1.29 is 39.6 Å². The Hall–Kier alpha value is -3.64. The van der Waals surface area contributed by atoms with Crippen LogP contribution in [0, 0.1) is 0 Å². The monoisotopic (exact) mass is 590 g/mol. The van der Waals surface area contributed by atoms with Crippen LogP contribution in [0.25, 0.3) is 0 Å². The van der Waals surface area contributed by atoms with E-state index >= 15 is 0 Å². The molecule has 1 atom stereocenters. The molecule has 4 rings (SSSR count). The van der Waals surface area contributed by atoms with Crippen LogP contribution in [0.4, 0.5) is 0 Å². The van der Waals surface area contributed by atoms with Crippen LogP contribution >= 0.6 is 23.4 Å². The number of carbonyl (C=O) groups is 4. The third kappa shape index (κ3) is 11.6. The number of nitrogens with zero attached hydrogens (tertiary/aromatic N) is 2. The summed E-state index contributed by atoms with van der Waals surface area (Å²) < 4.78 is 0. The molecule has 1 fully saturated rings. The molecular formula is C28H31ClN2O8S. The second kappa shape index (κ2) is 16.5. The number of rotatable bonds is 5. The molecule has 1 saturated heterocycles. The molecule has 2 aromatic rings. The summed E-state index contributed by atoms with van der Waals surface area (Å²) in [6.07, 6.45) is 4.52. The number of fused-ring (bicyclic) bond motifs is 2. The minimum Gasteiger partial charge on any atom is -0.478 e. The maximum absolute atomic E-state index is 9.55. The van der Waals surface area contributed by atoms with Crippen LogP contribution in [0.15, 0.2) is 76.6 Å². The highest BCUT2D eigenvalue weighted by Gasteiger charge is 2.28. The van der Waals surface area contributed by atoms with Crippen molar-refractivity contribution in [2.45, 2.75) is 28.7 Å². The summed E-state index contributed by atoms with van der Waals surface area (Å²) in [5.74, 6) is -5.03. The highest BCUT2D eigenvalue weighted by molar-refractivity contribution is 7.99. The fourth-order valence-corrected chi connectivity index (χ4v) is 5.36. The highest BCUT2D eigenvalue weighted by atomic mass is 35.5. The Morgan fingerprint density at radius 1 is 0.800 bits per heavy atom. The average molecular weight is 591 g/mol. The summed E-state index contributed by atoms with van der Waals surface area (Å²) in [4.78, 5) is 46.0. The first kappa shape index (κ1) is 32.6. The van der Waals surface area contributed by atoms with E-state index in [0.717, 1.165) is 44.0 Å². The number of carboxylic acid groups (broad SMARTS) is 4. The fraction of sp³-hybridized carbons (Fsp3) is 0.286. The lowest BCUT2D eigenvalue weighted by Gasteiger charge is -2.39. The van der Waals surface area contributed by atoms with Crippen LogP contribution in [0.1, 0.15) is 23.6 Å². The maximum Gasteiger partial charge on any atom is 0.328 e. The molecule has 0 amide bonds. The van der Waals surface area contributed by atoms with Gasteiger partial charge in [0.25, 0.3) is 0 Å². The first-order valence-corrected chi connectivity index (χ1v) is 13.4. The fourth-order valence-electron chi connectivity index (χ4n) is 4.05. The van der Waals surface area contributed by atoms with Gasteiger partial charge in [-0.15, -0.1) is 0 Å². The Balaban J connectivity index is 0.000000290. The zero-order valence-corrected chi connectivity index (χ0v) is 23.3. The quantitative estimate of drug-likeness (QED) is 0.371. The van der Waals surface area contributed by atoms with Crippen LogP contribution in [0.2, 0.25) is 5.02 Å². The van der Waals surface area contributed by atoms with Gasteiger partial charge in [-0.1, -0.05) is 41.6 Å². The Labute approximate surface area is 241 Å². The lowest BCUT2D eigenvalue weighted by molar-refractivity contribution is -0.134. The van der Waals surface area contributed by atoms with Gasteiger partial charge in [0.05, 0.1) is 0 Å². The van der Waals surface area contributed by atoms with E-state index in [1.807, 2.05) is 17.8 Å². The largest absolute Gasteiger partial charge is 0.478 e. The van der Waals surface area contributed by atoms with Crippen molar-refractivity contribution in [3.8, 4) is 0 Å². The first-order chi connectivity index (χ1) is 19.0. The van der Waals surface area contributed by atoms with E-state index < -0.39 is 23.9 Å². The number of halogens is 1. The van der Waals surface area contributed by atoms with Crippen molar-refractivity contribution in [2.24, 2.45) is 0 Å². The van der Waals surface area contributed by atoms with Gasteiger partial charge in [-0.05, 0) is 55.3 Å². The standard InChI is InChI=1S/C20H23ClN2S.2C4H4O4/c1-22-10-12-23(13-11-22)18-8-6-15-4-2-3-5-19(15)24-20-9-7-16(21)14-17(18)20;2*5-3(6)1-2-4(7)8/h2-5,7,9,14,18H,6,8,10-13H2,1H3;2*1-2H,(H,5,6)(H,7,8)/b;2*2-1+. The van der Waals surface area contributed by atoms with Crippen molar-refractivity contribution in [1.29, 1.82) is 0 Å². The third-order valence-electron chi connectivity index (χ3n) is 5.93. The molecule has 2 aliphatic rings. The second-order valence-corrected chi connectivity index (χ2v) is 10.3. The number of likely N-dealkylation sites (N-methyl/N-ethyl adjacent to an activating group) is 1. The molecule has 40 heavy (non-hydrogen) atoms. The SMILES string of the molecule is CN1CCN(C2CCc3ccccc3Sc3ccc(Cl)cc32)CC1.O=C(O)/C=C/C(=O)O.O=C(O)/C=C/C(=O)O. The summed E-state index contributed by atoms with van der Waals surface area (Å²) in [6.45, 7) is 4.57. The van der Waals surface area contributed by atoms with E-state index in [0.29, 0.717) is 30.3 Å². The van der Waals surface area contributed by atoms with Crippen molar-refractivity contribution in [2.75, 3.05) is 33.2 Å². The maximum atomic E-state index is 9.55. The Kier molecular flexibility index (Phi) is 13.4. The van der Waals surface area contributed by atoms with Crippen molar-refractivity contribution in [1.82, 2.24) is 9.80 Å².